The van der Waals surface area contributed by atoms with Gasteiger partial charge in [-0.3, -0.25) is 0 Å². The van der Waals surface area contributed by atoms with E-state index in [1.807, 2.05) is 0 Å². The van der Waals surface area contributed by atoms with Gasteiger partial charge in [0, 0.05) is 0 Å². The van der Waals surface area contributed by atoms with Crippen LogP contribution in [0.25, 0.3) is 0 Å². The predicted molar refractivity (Wildman–Crippen MR) is 24.1 cm³/mol. The Kier molecular flexibility index (Phi) is 3.04. The van der Waals surface area contributed by atoms with E-state index in [0.717, 1.165) is 2.66 Å². The molecule has 3 heteroatoms. The Morgan fingerprint density at radius 2 is 1.50 bits per heavy atom. The Balaban J connectivity index is 2.80. The van der Waals surface area contributed by atoms with Gasteiger partial charge < -0.3 is 0 Å². The van der Waals surface area contributed by atoms with Crippen LogP contribution < -0.4 is 0 Å². The topological polar surface area (TPSA) is 0 Å². The summed E-state index contributed by atoms with van der Waals surface area (Å²) in [6, 6.07) is 0. The Hall–Kier alpha value is 1.13. The summed E-state index contributed by atoms with van der Waals surface area (Å²) in [6.45, 7) is 0. The van der Waals surface area contributed by atoms with E-state index >= 15 is 0 Å². The maximum absolute atomic E-state index is 4.43. The Bertz CT molecular complexity index is 29.0. The molecule has 0 aliphatic rings. The fourth-order valence-corrected chi connectivity index (χ4v) is 0. The average molecular weight is 202 g/mol. The molecule has 0 rings (SSSR count). The fraction of sp³-hybridized carbons (Fsp3) is 0. The number of hydrogen-bond donors (Lipinski definition) is 0. The van der Waals surface area contributed by atoms with Gasteiger partial charge in [-0.05, 0) is 0 Å². The van der Waals surface area contributed by atoms with Crippen LogP contribution in [-0.2, 0) is 0 Å². The van der Waals surface area contributed by atoms with Gasteiger partial charge in [0.1, 0.15) is 0 Å². The Morgan fingerprint density at radius 3 is 1.50 bits per heavy atom. The van der Waals surface area contributed by atoms with Crippen molar-refractivity contribution in [1.82, 2.24) is 0 Å². The van der Waals surface area contributed by atoms with Crippen molar-refractivity contribution in [3.05, 3.63) is 0 Å². The minimum atomic E-state index is 0.750. The van der Waals surface area contributed by atoms with Gasteiger partial charge in [-0.1, -0.05) is 0 Å². The van der Waals surface area contributed by atoms with Crippen molar-refractivity contribution in [2.75, 3.05) is 0 Å². The van der Waals surface area contributed by atoms with E-state index in [2.05, 4.69) is 44.2 Å². The van der Waals surface area contributed by atoms with Crippen molar-refractivity contribution < 1.29 is 0 Å². The van der Waals surface area contributed by atoms with Crippen LogP contribution in [0.1, 0.15) is 0 Å². The van der Waals surface area contributed by atoms with E-state index < -0.39 is 0 Å². The van der Waals surface area contributed by atoms with Gasteiger partial charge in [0.2, 0.25) is 0 Å². The summed E-state index contributed by atoms with van der Waals surface area (Å²) in [6.07, 6.45) is 0. The zero-order chi connectivity index (χ0) is 3.58. The molecule has 0 aliphatic heterocycles. The Morgan fingerprint density at radius 1 is 1.50 bits per heavy atom. The van der Waals surface area contributed by atoms with Gasteiger partial charge in [0.25, 0.3) is 0 Å². The molecule has 2 radical (unpaired) electrons. The number of thiocarbonyl (C=S) groups is 1. The molecule has 0 saturated heterocycles. The van der Waals surface area contributed by atoms with Crippen molar-refractivity contribution in [3.8, 4) is 0 Å². The summed E-state index contributed by atoms with van der Waals surface area (Å²) in [5.41, 5.74) is 0. The normalized spacial score (nSPS) is 6.00. The molecule has 0 N–H and O–H groups in total. The standard InChI is InChI=1S/CSSe2/c2-1(3)4. The second-order valence-electron chi connectivity index (χ2n) is 0.250. The second kappa shape index (κ2) is 2.37. The van der Waals surface area contributed by atoms with Crippen molar-refractivity contribution in [2.45, 2.75) is 0 Å². The molecule has 0 atom stereocenters. The molecule has 0 heterocycles. The van der Waals surface area contributed by atoms with Crippen LogP contribution >= 0.6 is 12.2 Å². The molecule has 0 bridgehead atoms. The van der Waals surface area contributed by atoms with Crippen LogP contribution in [0.2, 0.25) is 0 Å². The van der Waals surface area contributed by atoms with Crippen molar-refractivity contribution >= 4 is 46.9 Å². The summed E-state index contributed by atoms with van der Waals surface area (Å²) in [7, 11) is 0. The van der Waals surface area contributed by atoms with Crippen LogP contribution in [0.4, 0.5) is 0 Å². The van der Waals surface area contributed by atoms with Crippen molar-refractivity contribution in [3.63, 3.8) is 0 Å². The van der Waals surface area contributed by atoms with E-state index in [1.165, 1.54) is 0 Å². The monoisotopic (exact) mass is 204 g/mol. The third-order valence-electron chi connectivity index (χ3n) is 0. The predicted octanol–water partition coefficient (Wildman–Crippen LogP) is -0.392. The first-order valence-corrected chi connectivity index (χ1v) is 2.73. The zero-order valence-electron chi connectivity index (χ0n) is 1.72. The van der Waals surface area contributed by atoms with Crippen molar-refractivity contribution in [1.29, 1.82) is 0 Å². The van der Waals surface area contributed by atoms with Gasteiger partial charge in [0.05, 0.1) is 0 Å². The molecule has 0 aromatic rings. The number of hydrogen-bond acceptors (Lipinski definition) is 1. The van der Waals surface area contributed by atoms with Gasteiger partial charge in [-0.2, -0.15) is 0 Å². The van der Waals surface area contributed by atoms with E-state index in [4.69, 9.17) is 0 Å². The molecule has 0 aromatic carbocycles. The molecule has 0 saturated carbocycles. The summed E-state index contributed by atoms with van der Waals surface area (Å²) >= 11 is 9.58. The third kappa shape index (κ3) is 11.1. The van der Waals surface area contributed by atoms with Crippen molar-refractivity contribution in [2.24, 2.45) is 0 Å². The van der Waals surface area contributed by atoms with Gasteiger partial charge >= 0.3 is 46.9 Å². The molecule has 0 aromatic heterocycles. The van der Waals surface area contributed by atoms with E-state index in [-0.39, 0.29) is 0 Å². The van der Waals surface area contributed by atoms with Crippen LogP contribution in [-0.4, -0.2) is 34.7 Å². The second-order valence-corrected chi connectivity index (χ2v) is 4.85. The first-order chi connectivity index (χ1) is 1.73. The molecule has 22 valence electrons. The summed E-state index contributed by atoms with van der Waals surface area (Å²) in [4.78, 5) is 0. The summed E-state index contributed by atoms with van der Waals surface area (Å²) < 4.78 is 0.750. The van der Waals surface area contributed by atoms with E-state index in [1.54, 1.807) is 0 Å². The quantitative estimate of drug-likeness (QED) is 0.380. The average Bonchev–Trinajstić information content (AvgIpc) is 0.811. The van der Waals surface area contributed by atoms with Crippen LogP contribution in [0.15, 0.2) is 0 Å². The summed E-state index contributed by atoms with van der Waals surface area (Å²) in [5, 5.41) is 0. The molecular formula is CSSe2. The van der Waals surface area contributed by atoms with E-state index in [9.17, 15) is 0 Å². The first-order valence-electron chi connectivity index (χ1n) is 0.612. The van der Waals surface area contributed by atoms with Crippen LogP contribution in [0, 0.1) is 0 Å². The first kappa shape index (κ1) is 5.13. The third-order valence-corrected chi connectivity index (χ3v) is 0. The minimum absolute atomic E-state index is 0.750. The number of rotatable bonds is 0. The molecule has 0 aliphatic carbocycles. The molecular weight excluding hydrogens is 202 g/mol. The molecule has 0 fully saturated rings. The van der Waals surface area contributed by atoms with E-state index in [0.29, 0.717) is 0 Å². The molecule has 0 unspecified atom stereocenters. The summed E-state index contributed by atoms with van der Waals surface area (Å²) in [5.74, 6) is 0. The molecule has 4 heavy (non-hydrogen) atoms. The van der Waals surface area contributed by atoms with Crippen LogP contribution in [0.3, 0.4) is 0 Å². The van der Waals surface area contributed by atoms with Crippen LogP contribution in [0.5, 0.6) is 0 Å². The molecule has 0 nitrogen and oxygen atoms in total. The molecule has 0 amide bonds. The fourth-order valence-electron chi connectivity index (χ4n) is 0. The van der Waals surface area contributed by atoms with Gasteiger partial charge in [0.15, 0.2) is 0 Å². The van der Waals surface area contributed by atoms with Gasteiger partial charge in [-0.25, -0.2) is 0 Å². The maximum atomic E-state index is 4.43. The Labute approximate surface area is 47.0 Å². The SMILES string of the molecule is S=C([Se])[Se]. The van der Waals surface area contributed by atoms with Gasteiger partial charge in [-0.15, -0.1) is 0 Å². The zero-order valence-corrected chi connectivity index (χ0v) is 5.97. The molecule has 0 spiro atoms.